The number of rotatable bonds is 4. The Morgan fingerprint density at radius 2 is 2.00 bits per heavy atom. The third-order valence-electron chi connectivity index (χ3n) is 3.14. The number of methoxy groups -OCH3 is 1. The molecule has 0 saturated carbocycles. The van der Waals surface area contributed by atoms with Gasteiger partial charge in [0.2, 0.25) is 0 Å². The minimum absolute atomic E-state index is 0.0151. The molecule has 18 heavy (non-hydrogen) atoms. The summed E-state index contributed by atoms with van der Waals surface area (Å²) in [4.78, 5) is 10.6. The molecule has 1 atom stereocenters. The molecule has 100 valence electrons. The fourth-order valence-corrected chi connectivity index (χ4v) is 1.97. The Labute approximate surface area is 109 Å². The van der Waals surface area contributed by atoms with Crippen LogP contribution in [0.15, 0.2) is 12.1 Å². The molecule has 3 nitrogen and oxygen atoms in total. The Hall–Kier alpha value is -1.51. The highest BCUT2D eigenvalue weighted by atomic mass is 16.5. The van der Waals surface area contributed by atoms with Gasteiger partial charge in [0.15, 0.2) is 0 Å². The van der Waals surface area contributed by atoms with Gasteiger partial charge in [0, 0.05) is 17.5 Å². The van der Waals surface area contributed by atoms with Gasteiger partial charge in [-0.15, -0.1) is 0 Å². The summed E-state index contributed by atoms with van der Waals surface area (Å²) in [6.45, 7) is 8.04. The number of carbonyl (C=O) groups excluding carboxylic acids is 1. The SMILES string of the molecule is COc1cc(C(C)CC=O)c(O)c(C(C)(C)C)c1. The molecule has 3 heteroatoms. The van der Waals surface area contributed by atoms with Crippen molar-refractivity contribution in [3.05, 3.63) is 23.3 Å². The lowest BCUT2D eigenvalue weighted by Gasteiger charge is -2.24. The number of benzene rings is 1. The molecule has 0 spiro atoms. The highest BCUT2D eigenvalue weighted by molar-refractivity contribution is 5.55. The molecular formula is C15H22O3. The van der Waals surface area contributed by atoms with E-state index in [9.17, 15) is 9.90 Å². The Morgan fingerprint density at radius 1 is 1.39 bits per heavy atom. The molecule has 0 aliphatic heterocycles. The summed E-state index contributed by atoms with van der Waals surface area (Å²) in [5.74, 6) is 0.974. The molecule has 0 fully saturated rings. The Balaban J connectivity index is 3.38. The standard InChI is InChI=1S/C15H22O3/c1-10(6-7-16)12-8-11(18-5)9-13(14(12)17)15(2,3)4/h7-10,17H,6H2,1-5H3. The molecule has 0 aliphatic carbocycles. The van der Waals surface area contributed by atoms with E-state index in [1.54, 1.807) is 13.2 Å². The Bertz CT molecular complexity index is 430. The third-order valence-corrected chi connectivity index (χ3v) is 3.14. The van der Waals surface area contributed by atoms with Crippen molar-refractivity contribution in [3.8, 4) is 11.5 Å². The van der Waals surface area contributed by atoms with E-state index in [1.165, 1.54) is 0 Å². The van der Waals surface area contributed by atoms with Gasteiger partial charge >= 0.3 is 0 Å². The van der Waals surface area contributed by atoms with Gasteiger partial charge in [-0.05, 0) is 23.5 Å². The summed E-state index contributed by atoms with van der Waals surface area (Å²) in [6, 6.07) is 3.66. The summed E-state index contributed by atoms with van der Waals surface area (Å²) in [7, 11) is 1.60. The summed E-state index contributed by atoms with van der Waals surface area (Å²) in [5, 5.41) is 10.4. The Kier molecular flexibility index (Phi) is 4.38. The van der Waals surface area contributed by atoms with Crippen molar-refractivity contribution in [2.75, 3.05) is 7.11 Å². The van der Waals surface area contributed by atoms with E-state index in [-0.39, 0.29) is 17.1 Å². The van der Waals surface area contributed by atoms with E-state index in [0.717, 1.165) is 17.4 Å². The number of carbonyl (C=O) groups is 1. The highest BCUT2D eigenvalue weighted by Gasteiger charge is 2.23. The maximum absolute atomic E-state index is 10.6. The van der Waals surface area contributed by atoms with E-state index in [2.05, 4.69) is 0 Å². The first-order valence-corrected chi connectivity index (χ1v) is 6.16. The third kappa shape index (κ3) is 3.03. The van der Waals surface area contributed by atoms with Gasteiger partial charge in [0.1, 0.15) is 17.8 Å². The lowest BCUT2D eigenvalue weighted by molar-refractivity contribution is -0.108. The Morgan fingerprint density at radius 3 is 2.44 bits per heavy atom. The first kappa shape index (κ1) is 14.6. The zero-order valence-corrected chi connectivity index (χ0v) is 11.8. The minimum atomic E-state index is -0.172. The zero-order chi connectivity index (χ0) is 13.9. The largest absolute Gasteiger partial charge is 0.507 e. The number of phenols is 1. The van der Waals surface area contributed by atoms with E-state index in [1.807, 2.05) is 33.8 Å². The number of aldehydes is 1. The molecule has 1 aromatic rings. The highest BCUT2D eigenvalue weighted by Crippen LogP contribution is 2.40. The van der Waals surface area contributed by atoms with Crippen LogP contribution < -0.4 is 4.74 Å². The van der Waals surface area contributed by atoms with Crippen LogP contribution in [0.4, 0.5) is 0 Å². The zero-order valence-electron chi connectivity index (χ0n) is 11.8. The molecule has 1 N–H and O–H groups in total. The van der Waals surface area contributed by atoms with Crippen LogP contribution in [0.3, 0.4) is 0 Å². The molecule has 0 radical (unpaired) electrons. The fraction of sp³-hybridized carbons (Fsp3) is 0.533. The summed E-state index contributed by atoms with van der Waals surface area (Å²) < 4.78 is 5.27. The second-order valence-corrected chi connectivity index (χ2v) is 5.67. The first-order valence-electron chi connectivity index (χ1n) is 6.16. The predicted molar refractivity (Wildman–Crippen MR) is 72.5 cm³/mol. The molecule has 0 amide bonds. The molecular weight excluding hydrogens is 228 g/mol. The number of hydrogen-bond donors (Lipinski definition) is 1. The summed E-state index contributed by atoms with van der Waals surface area (Å²) in [6.07, 6.45) is 1.27. The van der Waals surface area contributed by atoms with Crippen LogP contribution in [-0.4, -0.2) is 18.5 Å². The van der Waals surface area contributed by atoms with Crippen molar-refractivity contribution < 1.29 is 14.6 Å². The predicted octanol–water partition coefficient (Wildman–Crippen LogP) is 3.39. The van der Waals surface area contributed by atoms with Crippen LogP contribution in [0.2, 0.25) is 0 Å². The first-order chi connectivity index (χ1) is 8.31. The fourth-order valence-electron chi connectivity index (χ4n) is 1.97. The smallest absolute Gasteiger partial charge is 0.123 e. The maximum Gasteiger partial charge on any atom is 0.123 e. The van der Waals surface area contributed by atoms with Gasteiger partial charge in [-0.3, -0.25) is 0 Å². The van der Waals surface area contributed by atoms with Gasteiger partial charge < -0.3 is 14.6 Å². The molecule has 1 aromatic carbocycles. The van der Waals surface area contributed by atoms with Crippen LogP contribution in [0, 0.1) is 0 Å². The van der Waals surface area contributed by atoms with Gasteiger partial charge in [-0.25, -0.2) is 0 Å². The van der Waals surface area contributed by atoms with Gasteiger partial charge in [-0.2, -0.15) is 0 Å². The monoisotopic (exact) mass is 250 g/mol. The molecule has 1 rings (SSSR count). The number of hydrogen-bond acceptors (Lipinski definition) is 3. The van der Waals surface area contributed by atoms with Crippen LogP contribution in [-0.2, 0) is 10.2 Å². The molecule has 0 heterocycles. The maximum atomic E-state index is 10.6. The number of phenolic OH excluding ortho intramolecular Hbond substituents is 1. The van der Waals surface area contributed by atoms with E-state index in [0.29, 0.717) is 12.2 Å². The van der Waals surface area contributed by atoms with Crippen LogP contribution in [0.1, 0.15) is 51.2 Å². The topological polar surface area (TPSA) is 46.5 Å². The van der Waals surface area contributed by atoms with E-state index < -0.39 is 0 Å². The van der Waals surface area contributed by atoms with Crippen LogP contribution >= 0.6 is 0 Å². The van der Waals surface area contributed by atoms with Crippen molar-refractivity contribution in [1.29, 1.82) is 0 Å². The molecule has 0 saturated heterocycles. The van der Waals surface area contributed by atoms with Gasteiger partial charge in [0.05, 0.1) is 7.11 Å². The number of aromatic hydroxyl groups is 1. The molecule has 0 aliphatic rings. The lowest BCUT2D eigenvalue weighted by atomic mass is 9.83. The summed E-state index contributed by atoms with van der Waals surface area (Å²) >= 11 is 0. The van der Waals surface area contributed by atoms with E-state index in [4.69, 9.17) is 4.74 Å². The van der Waals surface area contributed by atoms with Crippen LogP contribution in [0.25, 0.3) is 0 Å². The minimum Gasteiger partial charge on any atom is -0.507 e. The van der Waals surface area contributed by atoms with E-state index >= 15 is 0 Å². The second-order valence-electron chi connectivity index (χ2n) is 5.67. The van der Waals surface area contributed by atoms with Crippen molar-refractivity contribution in [1.82, 2.24) is 0 Å². The van der Waals surface area contributed by atoms with Crippen molar-refractivity contribution in [2.45, 2.75) is 45.4 Å². The van der Waals surface area contributed by atoms with Gasteiger partial charge in [-0.1, -0.05) is 27.7 Å². The van der Waals surface area contributed by atoms with Crippen molar-refractivity contribution in [2.24, 2.45) is 0 Å². The summed E-state index contributed by atoms with van der Waals surface area (Å²) in [5.41, 5.74) is 1.44. The van der Waals surface area contributed by atoms with Crippen molar-refractivity contribution in [3.63, 3.8) is 0 Å². The molecule has 0 aromatic heterocycles. The lowest BCUT2D eigenvalue weighted by Crippen LogP contribution is -2.13. The average molecular weight is 250 g/mol. The molecule has 0 bridgehead atoms. The molecule has 1 unspecified atom stereocenters. The normalized spacial score (nSPS) is 13.2. The van der Waals surface area contributed by atoms with Crippen molar-refractivity contribution >= 4 is 6.29 Å². The van der Waals surface area contributed by atoms with Gasteiger partial charge in [0.25, 0.3) is 0 Å². The average Bonchev–Trinajstić information content (AvgIpc) is 2.28. The van der Waals surface area contributed by atoms with Crippen LogP contribution in [0.5, 0.6) is 11.5 Å². The quantitative estimate of drug-likeness (QED) is 0.833. The second kappa shape index (κ2) is 5.42. The number of ether oxygens (including phenoxy) is 1.